The summed E-state index contributed by atoms with van der Waals surface area (Å²) in [4.78, 5) is 2.77. The van der Waals surface area contributed by atoms with E-state index in [1.54, 1.807) is 7.11 Å². The molecule has 1 heterocycles. The van der Waals surface area contributed by atoms with Crippen molar-refractivity contribution in [3.63, 3.8) is 0 Å². The van der Waals surface area contributed by atoms with Crippen molar-refractivity contribution in [2.45, 2.75) is 56.4 Å². The Kier molecular flexibility index (Phi) is 4.59. The van der Waals surface area contributed by atoms with Crippen molar-refractivity contribution in [2.75, 3.05) is 20.2 Å². The molecule has 0 aromatic heterocycles. The molecule has 1 saturated carbocycles. The Hall–Kier alpha value is -2.00. The third-order valence-electron chi connectivity index (χ3n) is 7.78. The number of benzene rings is 2. The molecule has 3 atom stereocenters. The molecule has 3 aliphatic rings. The van der Waals surface area contributed by atoms with Crippen LogP contribution in [0.5, 0.6) is 11.5 Å². The van der Waals surface area contributed by atoms with E-state index in [2.05, 4.69) is 41.3 Å². The van der Waals surface area contributed by atoms with Gasteiger partial charge in [-0.05, 0) is 85.5 Å². The summed E-state index contributed by atoms with van der Waals surface area (Å²) < 4.78 is 5.29. The molecule has 2 aliphatic carbocycles. The number of piperidine rings is 1. The highest BCUT2D eigenvalue weighted by molar-refractivity contribution is 5.45. The average molecular weight is 378 g/mol. The maximum absolute atomic E-state index is 10.2. The van der Waals surface area contributed by atoms with E-state index in [0.29, 0.717) is 17.2 Å². The number of ether oxygens (including phenoxy) is 1. The molecule has 0 unspecified atom stereocenters. The Morgan fingerprint density at radius 1 is 1.11 bits per heavy atom. The largest absolute Gasteiger partial charge is 0.508 e. The van der Waals surface area contributed by atoms with Crippen molar-refractivity contribution in [1.29, 1.82) is 0 Å². The molecule has 3 heteroatoms. The van der Waals surface area contributed by atoms with Crippen LogP contribution in [0.1, 0.15) is 48.8 Å². The van der Waals surface area contributed by atoms with Crippen LogP contribution < -0.4 is 4.74 Å². The van der Waals surface area contributed by atoms with Gasteiger partial charge in [0.2, 0.25) is 0 Å². The van der Waals surface area contributed by atoms with E-state index in [0.717, 1.165) is 31.1 Å². The number of fused-ring (bicyclic) bond motifs is 1. The number of aromatic hydroxyl groups is 1. The van der Waals surface area contributed by atoms with Crippen molar-refractivity contribution in [2.24, 2.45) is 5.92 Å². The number of rotatable bonds is 4. The van der Waals surface area contributed by atoms with Crippen LogP contribution in [-0.2, 0) is 18.3 Å². The lowest BCUT2D eigenvalue weighted by Gasteiger charge is -2.59. The Morgan fingerprint density at radius 2 is 1.96 bits per heavy atom. The van der Waals surface area contributed by atoms with Crippen molar-refractivity contribution >= 4 is 0 Å². The van der Waals surface area contributed by atoms with E-state index in [1.807, 2.05) is 6.07 Å². The lowest BCUT2D eigenvalue weighted by molar-refractivity contribution is -0.0106. The highest BCUT2D eigenvalue weighted by Gasteiger charge is 2.53. The molecular weight excluding hydrogens is 346 g/mol. The van der Waals surface area contributed by atoms with Crippen molar-refractivity contribution in [3.05, 3.63) is 59.2 Å². The van der Waals surface area contributed by atoms with E-state index < -0.39 is 0 Å². The van der Waals surface area contributed by atoms with Crippen LogP contribution in [0.2, 0.25) is 0 Å². The third kappa shape index (κ3) is 2.91. The minimum Gasteiger partial charge on any atom is -0.508 e. The molecule has 0 amide bonds. The first kappa shape index (κ1) is 18.1. The molecule has 0 spiro atoms. The van der Waals surface area contributed by atoms with E-state index in [1.165, 1.54) is 55.3 Å². The topological polar surface area (TPSA) is 32.7 Å². The molecule has 5 rings (SSSR count). The fraction of sp³-hybridized carbons (Fsp3) is 0.520. The van der Waals surface area contributed by atoms with Crippen LogP contribution in [0.4, 0.5) is 0 Å². The minimum atomic E-state index is 0.311. The van der Waals surface area contributed by atoms with Crippen molar-refractivity contribution < 1.29 is 9.84 Å². The first-order valence-corrected chi connectivity index (χ1v) is 10.9. The average Bonchev–Trinajstić information content (AvgIpc) is 2.74. The highest BCUT2D eigenvalue weighted by Crippen LogP contribution is 2.56. The lowest BCUT2D eigenvalue weighted by atomic mass is 9.52. The second-order valence-electron chi connectivity index (χ2n) is 9.01. The zero-order valence-corrected chi connectivity index (χ0v) is 16.9. The van der Waals surface area contributed by atoms with Crippen LogP contribution in [-0.4, -0.2) is 36.2 Å². The zero-order valence-electron chi connectivity index (χ0n) is 16.9. The molecule has 1 aliphatic heterocycles. The van der Waals surface area contributed by atoms with Gasteiger partial charge in [0.05, 0.1) is 7.11 Å². The number of hydrogen-bond acceptors (Lipinski definition) is 3. The van der Waals surface area contributed by atoms with Crippen molar-refractivity contribution in [3.8, 4) is 11.5 Å². The third-order valence-corrected chi connectivity index (χ3v) is 7.78. The second-order valence-corrected chi connectivity index (χ2v) is 9.01. The van der Waals surface area contributed by atoms with Crippen LogP contribution in [0.25, 0.3) is 0 Å². The summed E-state index contributed by atoms with van der Waals surface area (Å²) in [6.07, 6.45) is 8.84. The fourth-order valence-corrected chi connectivity index (χ4v) is 6.42. The molecule has 1 saturated heterocycles. The van der Waals surface area contributed by atoms with E-state index in [-0.39, 0.29) is 0 Å². The van der Waals surface area contributed by atoms with Gasteiger partial charge in [-0.25, -0.2) is 0 Å². The fourth-order valence-electron chi connectivity index (χ4n) is 6.42. The number of likely N-dealkylation sites (tertiary alicyclic amines) is 1. The van der Waals surface area contributed by atoms with Crippen LogP contribution in [0.3, 0.4) is 0 Å². The van der Waals surface area contributed by atoms with Crippen LogP contribution in [0, 0.1) is 5.92 Å². The van der Waals surface area contributed by atoms with Crippen LogP contribution in [0.15, 0.2) is 42.5 Å². The van der Waals surface area contributed by atoms with Crippen molar-refractivity contribution in [1.82, 2.24) is 4.90 Å². The standard InChI is InChI=1S/C25H31NO2/c1-28-21-9-5-18(6-10-21)11-14-26-15-13-25-12-3-2-4-22(25)24(26)16-19-7-8-20(27)17-23(19)25/h5-10,17,22,24,27H,2-4,11-16H2,1H3/t22-,24-,25+/m0/s1. The summed E-state index contributed by atoms with van der Waals surface area (Å²) in [7, 11) is 1.72. The smallest absolute Gasteiger partial charge is 0.118 e. The Bertz CT molecular complexity index is 846. The highest BCUT2D eigenvalue weighted by atomic mass is 16.5. The number of nitrogens with zero attached hydrogens (tertiary/aromatic N) is 1. The second kappa shape index (κ2) is 7.11. The lowest BCUT2D eigenvalue weighted by Crippen LogP contribution is -2.61. The summed E-state index contributed by atoms with van der Waals surface area (Å²) in [6.45, 7) is 2.32. The van der Waals surface area contributed by atoms with Gasteiger partial charge < -0.3 is 9.84 Å². The monoisotopic (exact) mass is 377 g/mol. The van der Waals surface area contributed by atoms with Gasteiger partial charge in [0.15, 0.2) is 0 Å². The van der Waals surface area contributed by atoms with Gasteiger partial charge in [0.1, 0.15) is 11.5 Å². The molecular formula is C25H31NO2. The van der Waals surface area contributed by atoms with Gasteiger partial charge in [-0.2, -0.15) is 0 Å². The molecule has 1 N–H and O–H groups in total. The summed E-state index contributed by atoms with van der Waals surface area (Å²) in [5, 5.41) is 10.2. The van der Waals surface area contributed by atoms with E-state index >= 15 is 0 Å². The Morgan fingerprint density at radius 3 is 2.79 bits per heavy atom. The van der Waals surface area contributed by atoms with E-state index in [9.17, 15) is 5.11 Å². The molecule has 2 bridgehead atoms. The maximum Gasteiger partial charge on any atom is 0.118 e. The van der Waals surface area contributed by atoms with Gasteiger partial charge in [0.25, 0.3) is 0 Å². The molecule has 148 valence electrons. The normalized spacial score (nSPS) is 29.0. The summed E-state index contributed by atoms with van der Waals surface area (Å²) in [5.41, 5.74) is 4.66. The number of methoxy groups -OCH3 is 1. The van der Waals surface area contributed by atoms with Gasteiger partial charge in [-0.1, -0.05) is 31.0 Å². The molecule has 2 aromatic rings. The summed E-state index contributed by atoms with van der Waals surface area (Å²) >= 11 is 0. The van der Waals surface area contributed by atoms with E-state index in [4.69, 9.17) is 4.74 Å². The summed E-state index contributed by atoms with van der Waals surface area (Å²) in [6, 6.07) is 15.4. The van der Waals surface area contributed by atoms with Gasteiger partial charge >= 0.3 is 0 Å². The van der Waals surface area contributed by atoms with Gasteiger partial charge in [-0.3, -0.25) is 4.90 Å². The molecule has 2 aromatic carbocycles. The Labute approximate surface area is 168 Å². The number of hydrogen-bond donors (Lipinski definition) is 1. The number of phenolic OH excluding ortho intramolecular Hbond substituents is 1. The zero-order chi connectivity index (χ0) is 19.1. The Balaban J connectivity index is 1.39. The predicted octanol–water partition coefficient (Wildman–Crippen LogP) is 4.70. The molecule has 3 nitrogen and oxygen atoms in total. The number of phenols is 1. The predicted molar refractivity (Wildman–Crippen MR) is 112 cm³/mol. The van der Waals surface area contributed by atoms with Gasteiger partial charge in [0, 0.05) is 18.0 Å². The minimum absolute atomic E-state index is 0.311. The van der Waals surface area contributed by atoms with Gasteiger partial charge in [-0.15, -0.1) is 0 Å². The summed E-state index contributed by atoms with van der Waals surface area (Å²) in [5.74, 6) is 2.12. The molecule has 28 heavy (non-hydrogen) atoms. The molecule has 0 radical (unpaired) electrons. The van der Waals surface area contributed by atoms with Crippen LogP contribution >= 0.6 is 0 Å². The first-order chi connectivity index (χ1) is 13.7. The maximum atomic E-state index is 10.2. The quantitative estimate of drug-likeness (QED) is 0.838. The SMILES string of the molecule is COc1ccc(CCN2CC[C@]34CCCC[C@H]3[C@@H]2Cc2ccc(O)cc24)cc1. The molecule has 2 fully saturated rings. The first-order valence-electron chi connectivity index (χ1n) is 10.9.